The van der Waals surface area contributed by atoms with Crippen LogP contribution in [0.2, 0.25) is 0 Å². The summed E-state index contributed by atoms with van der Waals surface area (Å²) in [4.78, 5) is 0. The van der Waals surface area contributed by atoms with Crippen LogP contribution in [0.3, 0.4) is 0 Å². The molecule has 6 rings (SSSR count). The summed E-state index contributed by atoms with van der Waals surface area (Å²) in [7, 11) is 0. The van der Waals surface area contributed by atoms with Crippen molar-refractivity contribution in [1.82, 2.24) is 0 Å². The van der Waals surface area contributed by atoms with E-state index in [0.29, 0.717) is 0 Å². The molecule has 0 saturated carbocycles. The molecule has 0 saturated heterocycles. The number of benzene rings is 4. The molecule has 2 aliphatic rings. The van der Waals surface area contributed by atoms with Crippen molar-refractivity contribution in [1.29, 1.82) is 0 Å². The zero-order chi connectivity index (χ0) is 24.4. The summed E-state index contributed by atoms with van der Waals surface area (Å²) in [6.07, 6.45) is 0. The van der Waals surface area contributed by atoms with E-state index in [4.69, 9.17) is 0 Å². The van der Waals surface area contributed by atoms with Crippen LogP contribution in [0.1, 0.15) is 49.9 Å². The first-order valence-electron chi connectivity index (χ1n) is 11.2. The molecule has 0 aromatic heterocycles. The van der Waals surface area contributed by atoms with Gasteiger partial charge in [0.05, 0.1) is 0 Å². The fourth-order valence-corrected chi connectivity index (χ4v) is 6.81. The first kappa shape index (κ1) is 24.5. The molecular formula is C30H24Br4. The van der Waals surface area contributed by atoms with E-state index in [2.05, 4.69) is 164 Å². The van der Waals surface area contributed by atoms with Gasteiger partial charge in [0.2, 0.25) is 0 Å². The maximum absolute atomic E-state index is 3.57. The van der Waals surface area contributed by atoms with Crippen LogP contribution in [0.4, 0.5) is 0 Å². The minimum Gasteiger partial charge on any atom is -0.0529 e. The number of rotatable bonds is 0. The Morgan fingerprint density at radius 1 is 0.382 bits per heavy atom. The van der Waals surface area contributed by atoms with Crippen molar-refractivity contribution in [2.45, 2.75) is 38.5 Å². The highest BCUT2D eigenvalue weighted by molar-refractivity contribution is 9.11. The molecule has 0 bridgehead atoms. The summed E-state index contributed by atoms with van der Waals surface area (Å²) >= 11 is 14.3. The Kier molecular flexibility index (Phi) is 6.29. The Balaban J connectivity index is 0.000000142. The van der Waals surface area contributed by atoms with Gasteiger partial charge in [0, 0.05) is 28.7 Å². The Labute approximate surface area is 235 Å². The maximum atomic E-state index is 3.57. The smallest absolute Gasteiger partial charge is 0.0178 e. The van der Waals surface area contributed by atoms with Crippen molar-refractivity contribution in [3.63, 3.8) is 0 Å². The molecule has 0 amide bonds. The number of halogens is 4. The van der Waals surface area contributed by atoms with Crippen LogP contribution in [0.15, 0.2) is 90.7 Å². The highest BCUT2D eigenvalue weighted by Gasteiger charge is 2.36. The predicted molar refractivity (Wildman–Crippen MR) is 159 cm³/mol. The summed E-state index contributed by atoms with van der Waals surface area (Å²) < 4.78 is 4.60. The van der Waals surface area contributed by atoms with E-state index in [1.807, 2.05) is 0 Å². The quantitative estimate of drug-likeness (QED) is 0.171. The number of hydrogen-bond donors (Lipinski definition) is 0. The third kappa shape index (κ3) is 3.99. The molecule has 0 spiro atoms. The average Bonchev–Trinajstić information content (AvgIpc) is 3.13. The van der Waals surface area contributed by atoms with Crippen LogP contribution in [0.5, 0.6) is 0 Å². The normalized spacial score (nSPS) is 15.5. The molecule has 0 N–H and O–H groups in total. The second-order valence-electron chi connectivity index (χ2n) is 10.0. The summed E-state index contributed by atoms with van der Waals surface area (Å²) in [6.45, 7) is 9.15. The third-order valence-corrected chi connectivity index (χ3v) is 9.17. The van der Waals surface area contributed by atoms with Gasteiger partial charge in [0.15, 0.2) is 0 Å². The minimum absolute atomic E-state index is 0.0816. The molecule has 0 aliphatic heterocycles. The summed E-state index contributed by atoms with van der Waals surface area (Å²) in [5.41, 5.74) is 11.2. The zero-order valence-electron chi connectivity index (χ0n) is 19.4. The molecule has 172 valence electrons. The first-order chi connectivity index (χ1) is 16.0. The molecule has 0 unspecified atom stereocenters. The van der Waals surface area contributed by atoms with Gasteiger partial charge in [-0.1, -0.05) is 116 Å². The second kappa shape index (κ2) is 8.73. The van der Waals surface area contributed by atoms with Crippen molar-refractivity contribution in [3.8, 4) is 22.3 Å². The van der Waals surface area contributed by atoms with Gasteiger partial charge in [-0.15, -0.1) is 0 Å². The highest BCUT2D eigenvalue weighted by Crippen LogP contribution is 2.51. The van der Waals surface area contributed by atoms with Crippen molar-refractivity contribution in [3.05, 3.63) is 113 Å². The van der Waals surface area contributed by atoms with Crippen LogP contribution < -0.4 is 0 Å². The number of fused-ring (bicyclic) bond motifs is 6. The molecular weight excluding hydrogens is 680 g/mol. The molecule has 0 nitrogen and oxygen atoms in total. The van der Waals surface area contributed by atoms with Gasteiger partial charge in [-0.3, -0.25) is 0 Å². The Morgan fingerprint density at radius 2 is 0.588 bits per heavy atom. The average molecular weight is 704 g/mol. The van der Waals surface area contributed by atoms with Crippen LogP contribution in [0.25, 0.3) is 22.3 Å². The second-order valence-corrected chi connectivity index (χ2v) is 13.7. The lowest BCUT2D eigenvalue weighted by molar-refractivity contribution is 0.659. The van der Waals surface area contributed by atoms with Crippen LogP contribution in [-0.4, -0.2) is 0 Å². The summed E-state index contributed by atoms with van der Waals surface area (Å²) in [6, 6.07) is 26.3. The third-order valence-electron chi connectivity index (χ3n) is 7.20. The largest absolute Gasteiger partial charge is 0.0529 e. The van der Waals surface area contributed by atoms with E-state index in [0.717, 1.165) is 17.9 Å². The SMILES string of the molecule is CC1(C)c2cc(Br)ccc2-c2ccc(Br)cc21.CC1(C)c2cc(Br)ccc2-c2ccc(Br)cc21. The van der Waals surface area contributed by atoms with E-state index in [-0.39, 0.29) is 10.8 Å². The molecule has 0 heterocycles. The fraction of sp³-hybridized carbons (Fsp3) is 0.200. The Hall–Kier alpha value is -1.20. The topological polar surface area (TPSA) is 0 Å². The van der Waals surface area contributed by atoms with Gasteiger partial charge in [-0.2, -0.15) is 0 Å². The van der Waals surface area contributed by atoms with Gasteiger partial charge >= 0.3 is 0 Å². The lowest BCUT2D eigenvalue weighted by Gasteiger charge is -2.21. The molecule has 4 aromatic carbocycles. The van der Waals surface area contributed by atoms with E-state index in [1.165, 1.54) is 44.5 Å². The highest BCUT2D eigenvalue weighted by atomic mass is 79.9. The van der Waals surface area contributed by atoms with E-state index in [9.17, 15) is 0 Å². The van der Waals surface area contributed by atoms with Gasteiger partial charge in [0.25, 0.3) is 0 Å². The molecule has 2 aliphatic carbocycles. The fourth-order valence-electron chi connectivity index (χ4n) is 5.36. The van der Waals surface area contributed by atoms with E-state index < -0.39 is 0 Å². The van der Waals surface area contributed by atoms with Crippen LogP contribution >= 0.6 is 63.7 Å². The Bertz CT molecular complexity index is 1230. The Morgan fingerprint density at radius 3 is 0.794 bits per heavy atom. The van der Waals surface area contributed by atoms with E-state index in [1.54, 1.807) is 0 Å². The van der Waals surface area contributed by atoms with Crippen LogP contribution in [-0.2, 0) is 10.8 Å². The van der Waals surface area contributed by atoms with Crippen molar-refractivity contribution in [2.75, 3.05) is 0 Å². The first-order valence-corrected chi connectivity index (χ1v) is 14.4. The molecule has 0 atom stereocenters. The van der Waals surface area contributed by atoms with Gasteiger partial charge in [-0.05, 0) is 93.0 Å². The van der Waals surface area contributed by atoms with Gasteiger partial charge in [0.1, 0.15) is 0 Å². The summed E-state index contributed by atoms with van der Waals surface area (Å²) in [5.74, 6) is 0. The van der Waals surface area contributed by atoms with Gasteiger partial charge in [-0.25, -0.2) is 0 Å². The zero-order valence-corrected chi connectivity index (χ0v) is 25.8. The van der Waals surface area contributed by atoms with Crippen molar-refractivity contribution < 1.29 is 0 Å². The minimum atomic E-state index is 0.0816. The number of hydrogen-bond acceptors (Lipinski definition) is 0. The predicted octanol–water partition coefficient (Wildman–Crippen LogP) is 11.0. The molecule has 4 aromatic rings. The van der Waals surface area contributed by atoms with E-state index >= 15 is 0 Å². The summed E-state index contributed by atoms with van der Waals surface area (Å²) in [5, 5.41) is 0. The lowest BCUT2D eigenvalue weighted by Crippen LogP contribution is -2.14. The molecule has 0 radical (unpaired) electrons. The molecule has 34 heavy (non-hydrogen) atoms. The molecule has 0 fully saturated rings. The van der Waals surface area contributed by atoms with Crippen LogP contribution in [0, 0.1) is 0 Å². The van der Waals surface area contributed by atoms with Gasteiger partial charge < -0.3 is 0 Å². The monoisotopic (exact) mass is 700 g/mol. The maximum Gasteiger partial charge on any atom is 0.0178 e. The molecule has 4 heteroatoms. The van der Waals surface area contributed by atoms with Crippen molar-refractivity contribution in [2.24, 2.45) is 0 Å². The lowest BCUT2D eigenvalue weighted by atomic mass is 9.82. The van der Waals surface area contributed by atoms with Crippen molar-refractivity contribution >= 4 is 63.7 Å². The standard InChI is InChI=1S/2C15H12Br2/c2*1-15(2)13-7-9(16)3-5-11(13)12-6-4-10(17)8-14(12)15/h2*3-8H,1-2H3.